The summed E-state index contributed by atoms with van der Waals surface area (Å²) < 4.78 is 0. The fourth-order valence-corrected chi connectivity index (χ4v) is 2.28. The number of carbonyl (C=O) groups is 1. The van der Waals surface area contributed by atoms with E-state index in [1.54, 1.807) is 13.1 Å². The fourth-order valence-electron chi connectivity index (χ4n) is 2.28. The summed E-state index contributed by atoms with van der Waals surface area (Å²) in [6.07, 6.45) is 5.19. The van der Waals surface area contributed by atoms with Crippen LogP contribution in [0.4, 0.5) is 5.82 Å². The van der Waals surface area contributed by atoms with Gasteiger partial charge in [-0.2, -0.15) is 0 Å². The molecule has 1 aromatic rings. The maximum atomic E-state index is 11.2. The SMILES string of the molecule is CC(=O)c1ccc(NC2CCCN(C)CC2)nc1. The smallest absolute Gasteiger partial charge is 0.161 e. The average Bonchev–Trinajstić information content (AvgIpc) is 2.55. The third-order valence-electron chi connectivity index (χ3n) is 3.47. The zero-order valence-electron chi connectivity index (χ0n) is 11.1. The minimum atomic E-state index is 0.0603. The van der Waals surface area contributed by atoms with E-state index in [-0.39, 0.29) is 5.78 Å². The van der Waals surface area contributed by atoms with Crippen LogP contribution in [0, 0.1) is 0 Å². The van der Waals surface area contributed by atoms with E-state index in [9.17, 15) is 4.79 Å². The van der Waals surface area contributed by atoms with Gasteiger partial charge in [-0.05, 0) is 58.5 Å². The number of aromatic nitrogens is 1. The van der Waals surface area contributed by atoms with Crippen molar-refractivity contribution in [3.63, 3.8) is 0 Å². The molecule has 1 aliphatic rings. The zero-order valence-corrected chi connectivity index (χ0v) is 11.1. The number of nitrogens with zero attached hydrogens (tertiary/aromatic N) is 2. The van der Waals surface area contributed by atoms with Crippen LogP contribution in [0.15, 0.2) is 18.3 Å². The van der Waals surface area contributed by atoms with Crippen molar-refractivity contribution in [2.45, 2.75) is 32.2 Å². The zero-order chi connectivity index (χ0) is 13.0. The predicted molar refractivity (Wildman–Crippen MR) is 73.0 cm³/mol. The molecule has 1 aliphatic heterocycles. The molecule has 0 amide bonds. The molecule has 1 N–H and O–H groups in total. The Morgan fingerprint density at radius 2 is 2.22 bits per heavy atom. The lowest BCUT2D eigenvalue weighted by Crippen LogP contribution is -2.23. The molecular formula is C14H21N3O. The van der Waals surface area contributed by atoms with E-state index in [1.165, 1.54) is 19.4 Å². The Hall–Kier alpha value is -1.42. The molecule has 98 valence electrons. The molecule has 4 heteroatoms. The number of pyridine rings is 1. The molecule has 0 radical (unpaired) electrons. The minimum Gasteiger partial charge on any atom is -0.367 e. The topological polar surface area (TPSA) is 45.2 Å². The largest absolute Gasteiger partial charge is 0.367 e. The molecule has 1 aromatic heterocycles. The van der Waals surface area contributed by atoms with Gasteiger partial charge in [-0.3, -0.25) is 4.79 Å². The fraction of sp³-hybridized carbons (Fsp3) is 0.571. The van der Waals surface area contributed by atoms with Gasteiger partial charge >= 0.3 is 0 Å². The second-order valence-electron chi connectivity index (χ2n) is 5.06. The molecule has 1 saturated heterocycles. The average molecular weight is 247 g/mol. The van der Waals surface area contributed by atoms with E-state index >= 15 is 0 Å². The predicted octanol–water partition coefficient (Wildman–Crippen LogP) is 2.18. The number of anilines is 1. The molecule has 0 bridgehead atoms. The van der Waals surface area contributed by atoms with Crippen molar-refractivity contribution in [1.29, 1.82) is 0 Å². The first kappa shape index (κ1) is 13.0. The summed E-state index contributed by atoms with van der Waals surface area (Å²) in [4.78, 5) is 17.8. The standard InChI is InChI=1S/C14H21N3O/c1-11(18)12-5-6-14(15-10-12)16-13-4-3-8-17(2)9-7-13/h5-6,10,13H,3-4,7-9H2,1-2H3,(H,15,16). The lowest BCUT2D eigenvalue weighted by molar-refractivity contribution is 0.101. The van der Waals surface area contributed by atoms with Crippen LogP contribution in [0.3, 0.4) is 0 Å². The van der Waals surface area contributed by atoms with Gasteiger partial charge in [-0.25, -0.2) is 4.98 Å². The van der Waals surface area contributed by atoms with Crippen LogP contribution in [0.1, 0.15) is 36.5 Å². The second-order valence-corrected chi connectivity index (χ2v) is 5.06. The van der Waals surface area contributed by atoms with Gasteiger partial charge in [0.1, 0.15) is 5.82 Å². The van der Waals surface area contributed by atoms with Crippen molar-refractivity contribution in [2.75, 3.05) is 25.5 Å². The van der Waals surface area contributed by atoms with Crippen molar-refractivity contribution < 1.29 is 4.79 Å². The van der Waals surface area contributed by atoms with Gasteiger partial charge in [0.15, 0.2) is 5.78 Å². The number of rotatable bonds is 3. The van der Waals surface area contributed by atoms with Crippen LogP contribution < -0.4 is 5.32 Å². The number of Topliss-reactive ketones (excluding diaryl/α,β-unsaturated/α-hetero) is 1. The van der Waals surface area contributed by atoms with Crippen LogP contribution in [-0.2, 0) is 0 Å². The van der Waals surface area contributed by atoms with Crippen molar-refractivity contribution >= 4 is 11.6 Å². The maximum Gasteiger partial charge on any atom is 0.161 e. The first-order valence-corrected chi connectivity index (χ1v) is 6.57. The molecule has 0 aliphatic carbocycles. The van der Waals surface area contributed by atoms with Gasteiger partial charge in [0, 0.05) is 17.8 Å². The number of likely N-dealkylation sites (tertiary alicyclic amines) is 1. The van der Waals surface area contributed by atoms with Gasteiger partial charge in [0.25, 0.3) is 0 Å². The van der Waals surface area contributed by atoms with Crippen LogP contribution in [0.5, 0.6) is 0 Å². The monoisotopic (exact) mass is 247 g/mol. The number of hydrogen-bond donors (Lipinski definition) is 1. The Kier molecular flexibility index (Phi) is 4.31. The normalized spacial score (nSPS) is 21.3. The van der Waals surface area contributed by atoms with Crippen LogP contribution >= 0.6 is 0 Å². The quantitative estimate of drug-likeness (QED) is 0.832. The minimum absolute atomic E-state index is 0.0603. The highest BCUT2D eigenvalue weighted by Crippen LogP contribution is 2.15. The van der Waals surface area contributed by atoms with Crippen molar-refractivity contribution in [3.8, 4) is 0 Å². The number of ketones is 1. The summed E-state index contributed by atoms with van der Waals surface area (Å²) in [7, 11) is 2.17. The second kappa shape index (κ2) is 5.96. The van der Waals surface area contributed by atoms with E-state index < -0.39 is 0 Å². The molecule has 0 aromatic carbocycles. The molecule has 1 fully saturated rings. The Morgan fingerprint density at radius 3 is 2.89 bits per heavy atom. The Balaban J connectivity index is 1.94. The van der Waals surface area contributed by atoms with Crippen molar-refractivity contribution in [2.24, 2.45) is 0 Å². The van der Waals surface area contributed by atoms with E-state index in [4.69, 9.17) is 0 Å². The van der Waals surface area contributed by atoms with Gasteiger partial charge in [0.2, 0.25) is 0 Å². The van der Waals surface area contributed by atoms with E-state index in [0.717, 1.165) is 18.8 Å². The summed E-state index contributed by atoms with van der Waals surface area (Å²) in [6.45, 7) is 3.86. The molecule has 18 heavy (non-hydrogen) atoms. The molecule has 4 nitrogen and oxygen atoms in total. The van der Waals surface area contributed by atoms with Crippen LogP contribution in [0.25, 0.3) is 0 Å². The number of nitrogens with one attached hydrogen (secondary N) is 1. The van der Waals surface area contributed by atoms with E-state index in [2.05, 4.69) is 22.2 Å². The van der Waals surface area contributed by atoms with Crippen molar-refractivity contribution in [1.82, 2.24) is 9.88 Å². The summed E-state index contributed by atoms with van der Waals surface area (Å²) >= 11 is 0. The van der Waals surface area contributed by atoms with Gasteiger partial charge in [-0.1, -0.05) is 0 Å². The lowest BCUT2D eigenvalue weighted by Gasteiger charge is -2.17. The Morgan fingerprint density at radius 1 is 1.39 bits per heavy atom. The molecule has 1 atom stereocenters. The van der Waals surface area contributed by atoms with E-state index in [0.29, 0.717) is 11.6 Å². The highest BCUT2D eigenvalue weighted by atomic mass is 16.1. The number of carbonyl (C=O) groups excluding carboxylic acids is 1. The van der Waals surface area contributed by atoms with Crippen molar-refractivity contribution in [3.05, 3.63) is 23.9 Å². The Bertz CT molecular complexity index is 402. The van der Waals surface area contributed by atoms with E-state index in [1.807, 2.05) is 12.1 Å². The van der Waals surface area contributed by atoms with Gasteiger partial charge in [-0.15, -0.1) is 0 Å². The van der Waals surface area contributed by atoms with Gasteiger partial charge < -0.3 is 10.2 Å². The summed E-state index contributed by atoms with van der Waals surface area (Å²) in [5.41, 5.74) is 0.668. The molecular weight excluding hydrogens is 226 g/mol. The highest BCUT2D eigenvalue weighted by molar-refractivity contribution is 5.93. The first-order chi connectivity index (χ1) is 8.65. The maximum absolute atomic E-state index is 11.2. The molecule has 1 unspecified atom stereocenters. The molecule has 2 heterocycles. The summed E-state index contributed by atoms with van der Waals surface area (Å²) in [6, 6.07) is 4.22. The molecule has 0 saturated carbocycles. The molecule has 2 rings (SSSR count). The number of hydrogen-bond acceptors (Lipinski definition) is 4. The third kappa shape index (κ3) is 3.53. The Labute approximate surface area is 108 Å². The first-order valence-electron chi connectivity index (χ1n) is 6.57. The van der Waals surface area contributed by atoms with Crippen LogP contribution in [0.2, 0.25) is 0 Å². The third-order valence-corrected chi connectivity index (χ3v) is 3.47. The summed E-state index contributed by atoms with van der Waals surface area (Å²) in [5.74, 6) is 0.930. The summed E-state index contributed by atoms with van der Waals surface area (Å²) in [5, 5.41) is 3.46. The van der Waals surface area contributed by atoms with Gasteiger partial charge in [0.05, 0.1) is 0 Å². The molecule has 0 spiro atoms. The highest BCUT2D eigenvalue weighted by Gasteiger charge is 2.14. The lowest BCUT2D eigenvalue weighted by atomic mass is 10.1. The van der Waals surface area contributed by atoms with Crippen LogP contribution in [-0.4, -0.2) is 41.8 Å².